The molecule has 0 atom stereocenters. The van der Waals surface area contributed by atoms with E-state index >= 15 is 0 Å². The van der Waals surface area contributed by atoms with Gasteiger partial charge in [-0.1, -0.05) is 12.2 Å². The SMILES string of the molecule is C/C=C/CC([NH])=O. The minimum atomic E-state index is -0.530. The molecule has 1 radical (unpaired) electrons. The Balaban J connectivity index is 3.14. The molecule has 0 saturated carbocycles. The van der Waals surface area contributed by atoms with Crippen molar-refractivity contribution < 1.29 is 4.79 Å². The van der Waals surface area contributed by atoms with E-state index in [1.165, 1.54) is 0 Å². The first-order chi connectivity index (χ1) is 3.27. The highest BCUT2D eigenvalue weighted by Gasteiger charge is 1.83. The van der Waals surface area contributed by atoms with Crippen molar-refractivity contribution in [2.45, 2.75) is 13.3 Å². The number of hydrogen-bond donors (Lipinski definition) is 0. The van der Waals surface area contributed by atoms with Crippen molar-refractivity contribution in [3.8, 4) is 0 Å². The zero-order valence-electron chi connectivity index (χ0n) is 4.27. The first kappa shape index (κ1) is 6.21. The maximum Gasteiger partial charge on any atom is 0.242 e. The smallest absolute Gasteiger partial charge is 0.242 e. The Hall–Kier alpha value is -0.790. The molecule has 0 aliphatic carbocycles. The summed E-state index contributed by atoms with van der Waals surface area (Å²) in [5.74, 6) is -0.530. The second kappa shape index (κ2) is 3.40. The van der Waals surface area contributed by atoms with Crippen LogP contribution >= 0.6 is 0 Å². The summed E-state index contributed by atoms with van der Waals surface area (Å²) in [5.41, 5.74) is 6.39. The summed E-state index contributed by atoms with van der Waals surface area (Å²) < 4.78 is 0. The fourth-order valence-electron chi connectivity index (χ4n) is 0.225. The first-order valence-electron chi connectivity index (χ1n) is 2.13. The highest BCUT2D eigenvalue weighted by molar-refractivity contribution is 5.74. The van der Waals surface area contributed by atoms with Crippen molar-refractivity contribution in [2.75, 3.05) is 0 Å². The van der Waals surface area contributed by atoms with Crippen LogP contribution in [0.25, 0.3) is 0 Å². The van der Waals surface area contributed by atoms with Crippen molar-refractivity contribution in [2.24, 2.45) is 0 Å². The van der Waals surface area contributed by atoms with Crippen LogP contribution in [0.15, 0.2) is 12.2 Å². The molecule has 39 valence electrons. The molecule has 0 aromatic heterocycles. The van der Waals surface area contributed by atoms with E-state index in [0.717, 1.165) is 0 Å². The van der Waals surface area contributed by atoms with E-state index in [1.54, 1.807) is 12.2 Å². The zero-order chi connectivity index (χ0) is 5.70. The molecule has 0 aliphatic rings. The lowest BCUT2D eigenvalue weighted by Gasteiger charge is -1.76. The van der Waals surface area contributed by atoms with Gasteiger partial charge in [0, 0.05) is 6.42 Å². The Kier molecular flexibility index (Phi) is 3.02. The minimum Gasteiger partial charge on any atom is -0.273 e. The lowest BCUT2D eigenvalue weighted by Crippen LogP contribution is -1.92. The molecule has 1 N–H and O–H groups in total. The van der Waals surface area contributed by atoms with Gasteiger partial charge in [0.1, 0.15) is 0 Å². The van der Waals surface area contributed by atoms with E-state index in [2.05, 4.69) is 0 Å². The van der Waals surface area contributed by atoms with Gasteiger partial charge >= 0.3 is 0 Å². The number of allylic oxidation sites excluding steroid dienone is 1. The summed E-state index contributed by atoms with van der Waals surface area (Å²) in [6.07, 6.45) is 3.66. The maximum atomic E-state index is 9.82. The monoisotopic (exact) mass is 98.1 g/mol. The van der Waals surface area contributed by atoms with Crippen molar-refractivity contribution >= 4 is 5.91 Å². The number of nitrogens with one attached hydrogen (secondary N) is 1. The fraction of sp³-hybridized carbons (Fsp3) is 0.400. The molecule has 0 saturated heterocycles. The summed E-state index contributed by atoms with van der Waals surface area (Å²) in [7, 11) is 0. The van der Waals surface area contributed by atoms with E-state index in [4.69, 9.17) is 5.73 Å². The second-order valence-electron chi connectivity index (χ2n) is 1.20. The van der Waals surface area contributed by atoms with Crippen molar-refractivity contribution in [1.82, 2.24) is 5.73 Å². The van der Waals surface area contributed by atoms with Gasteiger partial charge in [-0.2, -0.15) is 0 Å². The van der Waals surface area contributed by atoms with Crippen LogP contribution in [0.5, 0.6) is 0 Å². The van der Waals surface area contributed by atoms with Crippen LogP contribution in [0.1, 0.15) is 13.3 Å². The lowest BCUT2D eigenvalue weighted by atomic mass is 10.4. The average Bonchev–Trinajstić information content (AvgIpc) is 1.61. The molecule has 1 amide bonds. The van der Waals surface area contributed by atoms with Crippen molar-refractivity contribution in [3.05, 3.63) is 12.2 Å². The number of amides is 1. The quantitative estimate of drug-likeness (QED) is 0.470. The lowest BCUT2D eigenvalue weighted by molar-refractivity contribution is -0.117. The Bertz CT molecular complexity index is 86.1. The van der Waals surface area contributed by atoms with Gasteiger partial charge < -0.3 is 0 Å². The van der Waals surface area contributed by atoms with E-state index < -0.39 is 5.91 Å². The number of carbonyl (C=O) groups is 1. The summed E-state index contributed by atoms with van der Waals surface area (Å²) >= 11 is 0. The maximum absolute atomic E-state index is 9.82. The van der Waals surface area contributed by atoms with Gasteiger partial charge in [0.15, 0.2) is 0 Å². The number of hydrogen-bond acceptors (Lipinski definition) is 1. The van der Waals surface area contributed by atoms with Crippen LogP contribution in [-0.4, -0.2) is 5.91 Å². The molecule has 2 heteroatoms. The van der Waals surface area contributed by atoms with E-state index in [1.807, 2.05) is 6.92 Å². The van der Waals surface area contributed by atoms with Gasteiger partial charge in [-0.3, -0.25) is 10.5 Å². The van der Waals surface area contributed by atoms with Crippen LogP contribution < -0.4 is 5.73 Å². The topological polar surface area (TPSA) is 40.9 Å². The standard InChI is InChI=1S/C5H8NO/c1-2-3-4-5(6)7/h2-3,6H,4H2,1H3/b3-2+. The van der Waals surface area contributed by atoms with Gasteiger partial charge in [0.05, 0.1) is 0 Å². The highest BCUT2D eigenvalue weighted by Crippen LogP contribution is 1.78. The molecular weight excluding hydrogens is 90.1 g/mol. The molecule has 0 bridgehead atoms. The minimum absolute atomic E-state index is 0.247. The van der Waals surface area contributed by atoms with E-state index in [-0.39, 0.29) is 6.42 Å². The van der Waals surface area contributed by atoms with Crippen molar-refractivity contribution in [3.63, 3.8) is 0 Å². The van der Waals surface area contributed by atoms with Gasteiger partial charge in [0.25, 0.3) is 0 Å². The Labute approximate surface area is 43.0 Å². The Morgan fingerprint density at radius 3 is 2.57 bits per heavy atom. The van der Waals surface area contributed by atoms with Crippen LogP contribution in [0.3, 0.4) is 0 Å². The van der Waals surface area contributed by atoms with Gasteiger partial charge in [-0.15, -0.1) is 0 Å². The third kappa shape index (κ3) is 5.21. The molecule has 0 aliphatic heterocycles. The molecule has 7 heavy (non-hydrogen) atoms. The predicted octanol–water partition coefficient (Wildman–Crippen LogP) is 0.762. The molecule has 0 rings (SSSR count). The molecule has 0 aromatic carbocycles. The van der Waals surface area contributed by atoms with Crippen LogP contribution in [-0.2, 0) is 4.79 Å². The zero-order valence-corrected chi connectivity index (χ0v) is 4.27. The number of rotatable bonds is 2. The fourth-order valence-corrected chi connectivity index (χ4v) is 0.225. The van der Waals surface area contributed by atoms with Crippen LogP contribution in [0.4, 0.5) is 0 Å². The van der Waals surface area contributed by atoms with Crippen LogP contribution in [0, 0.1) is 0 Å². The van der Waals surface area contributed by atoms with Gasteiger partial charge in [-0.05, 0) is 6.92 Å². The summed E-state index contributed by atoms with van der Waals surface area (Å²) in [4.78, 5) is 9.82. The summed E-state index contributed by atoms with van der Waals surface area (Å²) in [5, 5.41) is 0. The summed E-state index contributed by atoms with van der Waals surface area (Å²) in [6.45, 7) is 1.82. The van der Waals surface area contributed by atoms with Crippen molar-refractivity contribution in [1.29, 1.82) is 0 Å². The molecule has 0 aromatic rings. The third-order valence-corrected chi connectivity index (χ3v) is 0.539. The normalized spacial score (nSPS) is 9.86. The van der Waals surface area contributed by atoms with E-state index in [0.29, 0.717) is 0 Å². The Morgan fingerprint density at radius 2 is 2.43 bits per heavy atom. The first-order valence-corrected chi connectivity index (χ1v) is 2.13. The molecule has 2 nitrogen and oxygen atoms in total. The largest absolute Gasteiger partial charge is 0.273 e. The molecular formula is C5H8NO. The summed E-state index contributed by atoms with van der Waals surface area (Å²) in [6, 6.07) is 0. The van der Waals surface area contributed by atoms with Gasteiger partial charge in [0.2, 0.25) is 5.91 Å². The molecule has 0 heterocycles. The third-order valence-electron chi connectivity index (χ3n) is 0.539. The molecule has 0 fully saturated rings. The predicted molar refractivity (Wildman–Crippen MR) is 27.5 cm³/mol. The average molecular weight is 98.1 g/mol. The molecule has 0 unspecified atom stereocenters. The number of carbonyl (C=O) groups excluding carboxylic acids is 1. The highest BCUT2D eigenvalue weighted by atomic mass is 16.1. The van der Waals surface area contributed by atoms with Crippen LogP contribution in [0.2, 0.25) is 0 Å². The molecule has 0 spiro atoms. The van der Waals surface area contributed by atoms with Gasteiger partial charge in [-0.25, -0.2) is 0 Å². The Morgan fingerprint density at radius 1 is 1.86 bits per heavy atom. The van der Waals surface area contributed by atoms with E-state index in [9.17, 15) is 4.79 Å². The second-order valence-corrected chi connectivity index (χ2v) is 1.20.